The molecule has 0 unspecified atom stereocenters. The van der Waals surface area contributed by atoms with Gasteiger partial charge < -0.3 is 19.9 Å². The first-order valence-electron chi connectivity index (χ1n) is 7.62. The van der Waals surface area contributed by atoms with Crippen LogP contribution >= 0.6 is 0 Å². The lowest BCUT2D eigenvalue weighted by Gasteiger charge is -2.17. The highest BCUT2D eigenvalue weighted by molar-refractivity contribution is 6.46. The average Bonchev–Trinajstić information content (AvgIpc) is 2.95. The number of Topliss-reactive ketones (excluding diaryl/α,β-unsaturated/α-hetero) is 1. The van der Waals surface area contributed by atoms with Crippen molar-refractivity contribution in [1.82, 2.24) is 5.32 Å². The molecule has 6 nitrogen and oxygen atoms in total. The molecule has 25 heavy (non-hydrogen) atoms. The maximum absolute atomic E-state index is 12.3. The van der Waals surface area contributed by atoms with Gasteiger partial charge in [0.2, 0.25) is 0 Å². The molecule has 2 aromatic carbocycles. The largest absolute Gasteiger partial charge is 0.507 e. The molecule has 1 fully saturated rings. The second-order valence-corrected chi connectivity index (χ2v) is 5.47. The standard InChI is InChI=1S/C19H17NO5/c1-24-12-8-9-13(14(10-12)25-2)16-15(18(22)19(23)20-16)17(21)11-6-4-3-5-7-11/h3-10,16,21H,1-2H3,(H,20,23)/t16-/m0/s1. The number of amides is 1. The van der Waals surface area contributed by atoms with Crippen molar-refractivity contribution < 1.29 is 24.2 Å². The number of benzene rings is 2. The number of rotatable bonds is 4. The zero-order valence-corrected chi connectivity index (χ0v) is 13.8. The summed E-state index contributed by atoms with van der Waals surface area (Å²) in [6, 6.07) is 12.9. The van der Waals surface area contributed by atoms with Gasteiger partial charge in [-0.2, -0.15) is 0 Å². The van der Waals surface area contributed by atoms with E-state index in [1.807, 2.05) is 0 Å². The molecular weight excluding hydrogens is 322 g/mol. The van der Waals surface area contributed by atoms with E-state index in [0.29, 0.717) is 22.6 Å². The Morgan fingerprint density at radius 2 is 1.76 bits per heavy atom. The lowest BCUT2D eigenvalue weighted by Crippen LogP contribution is -2.21. The molecule has 128 valence electrons. The van der Waals surface area contributed by atoms with E-state index in [1.54, 1.807) is 48.5 Å². The van der Waals surface area contributed by atoms with E-state index in [1.165, 1.54) is 14.2 Å². The number of carbonyl (C=O) groups excluding carboxylic acids is 2. The number of nitrogens with one attached hydrogen (secondary N) is 1. The van der Waals surface area contributed by atoms with Gasteiger partial charge in [-0.3, -0.25) is 9.59 Å². The number of methoxy groups -OCH3 is 2. The summed E-state index contributed by atoms with van der Waals surface area (Å²) in [6.07, 6.45) is 0. The molecule has 0 aromatic heterocycles. The zero-order valence-electron chi connectivity index (χ0n) is 13.8. The Balaban J connectivity index is 2.15. The minimum atomic E-state index is -0.805. The Morgan fingerprint density at radius 1 is 1.04 bits per heavy atom. The highest BCUT2D eigenvalue weighted by Crippen LogP contribution is 2.38. The van der Waals surface area contributed by atoms with Crippen molar-refractivity contribution in [3.05, 3.63) is 65.2 Å². The molecule has 6 heteroatoms. The molecule has 0 radical (unpaired) electrons. The van der Waals surface area contributed by atoms with E-state index in [-0.39, 0.29) is 11.3 Å². The van der Waals surface area contributed by atoms with Crippen molar-refractivity contribution in [2.45, 2.75) is 6.04 Å². The molecule has 0 bridgehead atoms. The lowest BCUT2D eigenvalue weighted by molar-refractivity contribution is -0.133. The monoisotopic (exact) mass is 339 g/mol. The molecule has 2 N–H and O–H groups in total. The van der Waals surface area contributed by atoms with E-state index in [4.69, 9.17) is 9.47 Å². The molecule has 0 spiro atoms. The predicted molar refractivity (Wildman–Crippen MR) is 91.4 cm³/mol. The third kappa shape index (κ3) is 2.94. The van der Waals surface area contributed by atoms with E-state index in [2.05, 4.69) is 5.32 Å². The molecular formula is C19H17NO5. The van der Waals surface area contributed by atoms with Crippen molar-refractivity contribution >= 4 is 17.4 Å². The summed E-state index contributed by atoms with van der Waals surface area (Å²) in [5.74, 6) is -0.733. The van der Waals surface area contributed by atoms with Crippen LogP contribution in [0.3, 0.4) is 0 Å². The maximum atomic E-state index is 12.3. The van der Waals surface area contributed by atoms with Crippen LogP contribution in [0.1, 0.15) is 17.2 Å². The van der Waals surface area contributed by atoms with Gasteiger partial charge in [-0.25, -0.2) is 0 Å². The normalized spacial score (nSPS) is 18.7. The van der Waals surface area contributed by atoms with Gasteiger partial charge in [0, 0.05) is 17.2 Å². The van der Waals surface area contributed by atoms with Crippen LogP contribution in [-0.2, 0) is 9.59 Å². The van der Waals surface area contributed by atoms with Gasteiger partial charge in [-0.1, -0.05) is 30.3 Å². The van der Waals surface area contributed by atoms with Gasteiger partial charge >= 0.3 is 0 Å². The highest BCUT2D eigenvalue weighted by Gasteiger charge is 2.40. The molecule has 0 saturated carbocycles. The molecule has 1 amide bonds. The summed E-state index contributed by atoms with van der Waals surface area (Å²) in [4.78, 5) is 24.3. The van der Waals surface area contributed by atoms with Gasteiger partial charge in [-0.05, 0) is 12.1 Å². The van der Waals surface area contributed by atoms with Gasteiger partial charge in [0.1, 0.15) is 17.3 Å². The molecule has 1 aliphatic rings. The third-order valence-corrected chi connectivity index (χ3v) is 4.07. The number of carbonyl (C=O) groups is 2. The van der Waals surface area contributed by atoms with Crippen LogP contribution in [-0.4, -0.2) is 31.0 Å². The molecule has 1 heterocycles. The summed E-state index contributed by atoms with van der Waals surface area (Å²) in [5.41, 5.74) is 1.01. The lowest BCUT2D eigenvalue weighted by atomic mass is 9.95. The molecule has 3 rings (SSSR count). The minimum Gasteiger partial charge on any atom is -0.507 e. The van der Waals surface area contributed by atoms with Crippen LogP contribution in [0.2, 0.25) is 0 Å². The van der Waals surface area contributed by atoms with Crippen LogP contribution < -0.4 is 14.8 Å². The van der Waals surface area contributed by atoms with E-state index in [9.17, 15) is 14.7 Å². The number of hydrogen-bond acceptors (Lipinski definition) is 5. The average molecular weight is 339 g/mol. The smallest absolute Gasteiger partial charge is 0.293 e. The van der Waals surface area contributed by atoms with Crippen LogP contribution in [0.5, 0.6) is 11.5 Å². The first kappa shape index (κ1) is 16.6. The Labute approximate surface area is 144 Å². The SMILES string of the molecule is COc1ccc([C@@H]2NC(=O)C(=O)C2=C(O)c2ccccc2)c(OC)c1. The maximum Gasteiger partial charge on any atom is 0.293 e. The Kier molecular flexibility index (Phi) is 4.43. The third-order valence-electron chi connectivity index (χ3n) is 4.07. The Bertz CT molecular complexity index is 857. The van der Waals surface area contributed by atoms with Crippen LogP contribution in [0, 0.1) is 0 Å². The summed E-state index contributed by atoms with van der Waals surface area (Å²) in [6.45, 7) is 0. The first-order chi connectivity index (χ1) is 12.1. The zero-order chi connectivity index (χ0) is 18.0. The minimum absolute atomic E-state index is 0.000308. The summed E-state index contributed by atoms with van der Waals surface area (Å²) in [7, 11) is 3.01. The fraction of sp³-hybridized carbons (Fsp3) is 0.158. The molecule has 0 aliphatic carbocycles. The van der Waals surface area contributed by atoms with Gasteiger partial charge in [0.15, 0.2) is 0 Å². The molecule has 1 aliphatic heterocycles. The Morgan fingerprint density at radius 3 is 2.40 bits per heavy atom. The fourth-order valence-corrected chi connectivity index (χ4v) is 2.81. The first-order valence-corrected chi connectivity index (χ1v) is 7.62. The van der Waals surface area contributed by atoms with E-state index >= 15 is 0 Å². The fourth-order valence-electron chi connectivity index (χ4n) is 2.81. The van der Waals surface area contributed by atoms with Crippen molar-refractivity contribution in [3.63, 3.8) is 0 Å². The predicted octanol–water partition coefficient (Wildman–Crippen LogP) is 2.41. The second kappa shape index (κ2) is 6.68. The Hall–Kier alpha value is -3.28. The van der Waals surface area contributed by atoms with Gasteiger partial charge in [0.05, 0.1) is 25.8 Å². The quantitative estimate of drug-likeness (QED) is 0.508. The molecule has 2 aromatic rings. The van der Waals surface area contributed by atoms with Crippen LogP contribution in [0.15, 0.2) is 54.1 Å². The van der Waals surface area contributed by atoms with Crippen LogP contribution in [0.4, 0.5) is 0 Å². The molecule has 1 atom stereocenters. The van der Waals surface area contributed by atoms with Crippen LogP contribution in [0.25, 0.3) is 5.76 Å². The number of aliphatic hydroxyl groups is 1. The van der Waals surface area contributed by atoms with Crippen molar-refractivity contribution in [1.29, 1.82) is 0 Å². The van der Waals surface area contributed by atoms with Crippen molar-refractivity contribution in [2.24, 2.45) is 0 Å². The summed E-state index contributed by atoms with van der Waals surface area (Å²) in [5, 5.41) is 13.2. The van der Waals surface area contributed by atoms with Crippen molar-refractivity contribution in [3.8, 4) is 11.5 Å². The topological polar surface area (TPSA) is 84.9 Å². The summed E-state index contributed by atoms with van der Waals surface area (Å²) < 4.78 is 10.5. The van der Waals surface area contributed by atoms with Gasteiger partial charge in [0.25, 0.3) is 11.7 Å². The highest BCUT2D eigenvalue weighted by atomic mass is 16.5. The van der Waals surface area contributed by atoms with E-state index in [0.717, 1.165) is 0 Å². The number of hydrogen-bond donors (Lipinski definition) is 2. The molecule has 1 saturated heterocycles. The summed E-state index contributed by atoms with van der Waals surface area (Å²) >= 11 is 0. The van der Waals surface area contributed by atoms with E-state index < -0.39 is 17.7 Å². The van der Waals surface area contributed by atoms with Crippen molar-refractivity contribution in [2.75, 3.05) is 14.2 Å². The van der Waals surface area contributed by atoms with Gasteiger partial charge in [-0.15, -0.1) is 0 Å². The number of ether oxygens (including phenoxy) is 2. The number of aliphatic hydroxyl groups excluding tert-OH is 1. The number of ketones is 1. The second-order valence-electron chi connectivity index (χ2n) is 5.47.